The van der Waals surface area contributed by atoms with E-state index in [0.29, 0.717) is 37.5 Å². The van der Waals surface area contributed by atoms with Crippen molar-refractivity contribution >= 4 is 34.9 Å². The molecule has 8 heteroatoms. The van der Waals surface area contributed by atoms with Crippen molar-refractivity contribution in [3.63, 3.8) is 0 Å². The van der Waals surface area contributed by atoms with Crippen LogP contribution >= 0.6 is 11.3 Å². The van der Waals surface area contributed by atoms with Crippen molar-refractivity contribution in [2.24, 2.45) is 0 Å². The van der Waals surface area contributed by atoms with E-state index in [0.717, 1.165) is 23.3 Å². The predicted molar refractivity (Wildman–Crippen MR) is 143 cm³/mol. The first-order valence-corrected chi connectivity index (χ1v) is 13.0. The lowest BCUT2D eigenvalue weighted by Crippen LogP contribution is -2.44. The maximum atomic E-state index is 13.4. The summed E-state index contributed by atoms with van der Waals surface area (Å²) in [6, 6.07) is 20.0. The lowest BCUT2D eigenvalue weighted by Gasteiger charge is -2.28. The third-order valence-electron chi connectivity index (χ3n) is 5.54. The van der Waals surface area contributed by atoms with Crippen molar-refractivity contribution < 1.29 is 19.1 Å². The van der Waals surface area contributed by atoms with Crippen LogP contribution in [0.3, 0.4) is 0 Å². The van der Waals surface area contributed by atoms with Crippen LogP contribution in [0, 0.1) is 0 Å². The molecule has 36 heavy (non-hydrogen) atoms. The predicted octanol–water partition coefficient (Wildman–Crippen LogP) is 5.79. The molecule has 0 atom stereocenters. The van der Waals surface area contributed by atoms with Crippen molar-refractivity contribution in [3.8, 4) is 0 Å². The molecule has 0 bridgehead atoms. The molecule has 0 saturated carbocycles. The van der Waals surface area contributed by atoms with E-state index in [1.807, 2.05) is 54.8 Å². The van der Waals surface area contributed by atoms with E-state index in [9.17, 15) is 14.4 Å². The first-order chi connectivity index (χ1) is 17.5. The summed E-state index contributed by atoms with van der Waals surface area (Å²) in [5, 5.41) is 4.85. The zero-order valence-electron chi connectivity index (χ0n) is 20.8. The van der Waals surface area contributed by atoms with Crippen LogP contribution in [0.5, 0.6) is 0 Å². The Bertz CT molecular complexity index is 1100. The first kappa shape index (κ1) is 26.9. The Morgan fingerprint density at radius 2 is 1.64 bits per heavy atom. The molecule has 1 heterocycles. The van der Waals surface area contributed by atoms with Gasteiger partial charge in [0.2, 0.25) is 5.91 Å². The summed E-state index contributed by atoms with van der Waals surface area (Å²) in [7, 11) is 0. The van der Waals surface area contributed by atoms with Crippen molar-refractivity contribution in [3.05, 3.63) is 88.1 Å². The minimum atomic E-state index is -0.408. The standard InChI is InChI=1S/C28H33N3O4S/c1-3-5-17-30(28(34)29-24-15-13-23(14-16-24)27(33)35-4-2)21-26(32)31(20-25-12-9-18-36-25)19-22-10-7-6-8-11-22/h6-16,18H,3-5,17,19-21H2,1-2H3,(H,29,34). The Kier molecular flexibility index (Phi) is 10.5. The molecular formula is C28H33N3O4S. The molecule has 0 radical (unpaired) electrons. The van der Waals surface area contributed by atoms with Crippen LogP contribution in [0.25, 0.3) is 0 Å². The SMILES string of the molecule is CCCCN(CC(=O)N(Cc1ccccc1)Cc1cccs1)C(=O)Nc1ccc(C(=O)OCC)cc1. The van der Waals surface area contributed by atoms with Crippen LogP contribution in [0.2, 0.25) is 0 Å². The van der Waals surface area contributed by atoms with Crippen LogP contribution in [-0.2, 0) is 22.6 Å². The van der Waals surface area contributed by atoms with Gasteiger partial charge in [-0.1, -0.05) is 49.7 Å². The van der Waals surface area contributed by atoms with E-state index >= 15 is 0 Å². The zero-order chi connectivity index (χ0) is 25.8. The molecule has 1 N–H and O–H groups in total. The van der Waals surface area contributed by atoms with Crippen molar-refractivity contribution in [1.29, 1.82) is 0 Å². The van der Waals surface area contributed by atoms with E-state index in [1.165, 1.54) is 0 Å². The number of nitrogens with zero attached hydrogens (tertiary/aromatic N) is 2. The Hall–Kier alpha value is -3.65. The van der Waals surface area contributed by atoms with E-state index in [1.54, 1.807) is 52.3 Å². The van der Waals surface area contributed by atoms with Gasteiger partial charge in [-0.2, -0.15) is 0 Å². The quantitative estimate of drug-likeness (QED) is 0.315. The number of benzene rings is 2. The van der Waals surface area contributed by atoms with Gasteiger partial charge in [-0.15, -0.1) is 11.3 Å². The minimum absolute atomic E-state index is 0.0229. The number of esters is 1. The van der Waals surface area contributed by atoms with Gasteiger partial charge in [0.25, 0.3) is 0 Å². The van der Waals surface area contributed by atoms with Gasteiger partial charge < -0.3 is 19.9 Å². The molecule has 0 aliphatic rings. The van der Waals surface area contributed by atoms with Crippen molar-refractivity contribution in [1.82, 2.24) is 9.80 Å². The largest absolute Gasteiger partial charge is 0.462 e. The van der Waals surface area contributed by atoms with Gasteiger partial charge in [-0.3, -0.25) is 4.79 Å². The van der Waals surface area contributed by atoms with E-state index in [4.69, 9.17) is 4.74 Å². The number of rotatable bonds is 12. The number of carbonyl (C=O) groups excluding carboxylic acids is 3. The van der Waals surface area contributed by atoms with Crippen LogP contribution in [0.1, 0.15) is 47.5 Å². The number of anilines is 1. The summed E-state index contributed by atoms with van der Waals surface area (Å²) < 4.78 is 5.00. The second-order valence-corrected chi connectivity index (χ2v) is 9.35. The monoisotopic (exact) mass is 507 g/mol. The van der Waals surface area contributed by atoms with Gasteiger partial charge in [0.15, 0.2) is 0 Å². The molecule has 2 aromatic carbocycles. The highest BCUT2D eigenvalue weighted by Crippen LogP contribution is 2.16. The fraction of sp³-hybridized carbons (Fsp3) is 0.321. The first-order valence-electron chi connectivity index (χ1n) is 12.2. The molecular weight excluding hydrogens is 474 g/mol. The minimum Gasteiger partial charge on any atom is -0.462 e. The number of hydrogen-bond donors (Lipinski definition) is 1. The smallest absolute Gasteiger partial charge is 0.338 e. The molecule has 7 nitrogen and oxygen atoms in total. The summed E-state index contributed by atoms with van der Waals surface area (Å²) >= 11 is 1.61. The summed E-state index contributed by atoms with van der Waals surface area (Å²) in [6.45, 7) is 5.49. The number of amides is 3. The maximum absolute atomic E-state index is 13.4. The van der Waals surface area contributed by atoms with Gasteiger partial charge >= 0.3 is 12.0 Å². The van der Waals surface area contributed by atoms with Gasteiger partial charge in [0.05, 0.1) is 18.7 Å². The number of thiophene rings is 1. The highest BCUT2D eigenvalue weighted by molar-refractivity contribution is 7.09. The van der Waals surface area contributed by atoms with E-state index < -0.39 is 5.97 Å². The molecule has 0 aliphatic carbocycles. The lowest BCUT2D eigenvalue weighted by atomic mass is 10.2. The number of unbranched alkanes of at least 4 members (excludes halogenated alkanes) is 1. The van der Waals surface area contributed by atoms with E-state index in [2.05, 4.69) is 5.32 Å². The Morgan fingerprint density at radius 1 is 0.889 bits per heavy atom. The van der Waals surface area contributed by atoms with Crippen molar-refractivity contribution in [2.75, 3.05) is 25.0 Å². The summed E-state index contributed by atoms with van der Waals surface area (Å²) in [6.07, 6.45) is 1.68. The molecule has 0 fully saturated rings. The third-order valence-corrected chi connectivity index (χ3v) is 6.40. The van der Waals surface area contributed by atoms with E-state index in [-0.39, 0.29) is 18.5 Å². The highest BCUT2D eigenvalue weighted by atomic mass is 32.1. The fourth-order valence-electron chi connectivity index (χ4n) is 3.60. The normalized spacial score (nSPS) is 10.5. The summed E-state index contributed by atoms with van der Waals surface area (Å²) in [5.74, 6) is -0.522. The second-order valence-electron chi connectivity index (χ2n) is 8.32. The number of carbonyl (C=O) groups is 3. The van der Waals surface area contributed by atoms with Crippen LogP contribution in [0.4, 0.5) is 10.5 Å². The van der Waals surface area contributed by atoms with Gasteiger partial charge in [0, 0.05) is 23.7 Å². The third kappa shape index (κ3) is 8.23. The van der Waals surface area contributed by atoms with Crippen LogP contribution in [-0.4, -0.2) is 47.4 Å². The number of urea groups is 1. The van der Waals surface area contributed by atoms with Crippen LogP contribution < -0.4 is 5.32 Å². The van der Waals surface area contributed by atoms with Gasteiger partial charge in [-0.05, 0) is 54.6 Å². The van der Waals surface area contributed by atoms with Crippen molar-refractivity contribution in [2.45, 2.75) is 39.8 Å². The molecule has 0 aliphatic heterocycles. The molecule has 3 amide bonds. The molecule has 3 rings (SSSR count). The summed E-state index contributed by atoms with van der Waals surface area (Å²) in [4.78, 5) is 42.9. The van der Waals surface area contributed by atoms with Gasteiger partial charge in [-0.25, -0.2) is 9.59 Å². The lowest BCUT2D eigenvalue weighted by molar-refractivity contribution is -0.133. The Labute approximate surface area is 216 Å². The average Bonchev–Trinajstić information content (AvgIpc) is 3.40. The average molecular weight is 508 g/mol. The number of ether oxygens (including phenoxy) is 1. The molecule has 3 aromatic rings. The number of hydrogen-bond acceptors (Lipinski definition) is 5. The fourth-order valence-corrected chi connectivity index (χ4v) is 4.32. The second kappa shape index (κ2) is 14.0. The Balaban J connectivity index is 1.70. The Morgan fingerprint density at radius 3 is 2.28 bits per heavy atom. The van der Waals surface area contributed by atoms with Crippen LogP contribution in [0.15, 0.2) is 72.1 Å². The zero-order valence-corrected chi connectivity index (χ0v) is 21.6. The van der Waals surface area contributed by atoms with Gasteiger partial charge in [0.1, 0.15) is 6.54 Å². The molecule has 0 spiro atoms. The molecule has 190 valence electrons. The number of nitrogens with one attached hydrogen (secondary N) is 1. The maximum Gasteiger partial charge on any atom is 0.338 e. The molecule has 0 saturated heterocycles. The summed E-state index contributed by atoms with van der Waals surface area (Å²) in [5.41, 5.74) is 1.99. The molecule has 0 unspecified atom stereocenters. The topological polar surface area (TPSA) is 79.0 Å². The molecule has 1 aromatic heterocycles. The highest BCUT2D eigenvalue weighted by Gasteiger charge is 2.22.